The van der Waals surface area contributed by atoms with Gasteiger partial charge in [-0.3, -0.25) is 10.1 Å². The molecule has 3 N–H and O–H groups in total. The van der Waals surface area contributed by atoms with E-state index >= 15 is 0 Å². The van der Waals surface area contributed by atoms with Crippen molar-refractivity contribution >= 4 is 5.97 Å². The van der Waals surface area contributed by atoms with Crippen LogP contribution >= 0.6 is 0 Å². The van der Waals surface area contributed by atoms with Crippen LogP contribution in [0.25, 0.3) is 0 Å². The van der Waals surface area contributed by atoms with Gasteiger partial charge in [0.2, 0.25) is 0 Å². The minimum Gasteiger partial charge on any atom is -0.480 e. The van der Waals surface area contributed by atoms with Crippen molar-refractivity contribution in [2.24, 2.45) is 0 Å². The molecule has 7 heteroatoms. The van der Waals surface area contributed by atoms with Crippen molar-refractivity contribution in [3.63, 3.8) is 0 Å². The molecule has 0 radical (unpaired) electrons. The zero-order valence-corrected chi connectivity index (χ0v) is 9.24. The molecule has 0 aliphatic rings. The number of carbonyl (C=O) groups is 1. The third-order valence-electron chi connectivity index (χ3n) is 2.31. The number of rotatable bonds is 5. The second-order valence-electron chi connectivity index (χ2n) is 3.65. The van der Waals surface area contributed by atoms with Crippen molar-refractivity contribution in [2.45, 2.75) is 18.8 Å². The van der Waals surface area contributed by atoms with Gasteiger partial charge in [0, 0.05) is 6.54 Å². The van der Waals surface area contributed by atoms with Crippen LogP contribution in [0.2, 0.25) is 0 Å². The Labute approximate surface area is 101 Å². The summed E-state index contributed by atoms with van der Waals surface area (Å²) in [5, 5.41) is 19.9. The maximum atomic E-state index is 12.3. The van der Waals surface area contributed by atoms with Crippen LogP contribution in [0, 0.1) is 0 Å². The Bertz CT molecular complexity index is 403. The fraction of sp³-hybridized carbons (Fsp3) is 0.364. The van der Waals surface area contributed by atoms with Gasteiger partial charge in [0.25, 0.3) is 0 Å². The predicted octanol–water partition coefficient (Wildman–Crippen LogP) is 1.24. The summed E-state index contributed by atoms with van der Waals surface area (Å²) < 4.78 is 36.8. The van der Waals surface area contributed by atoms with Gasteiger partial charge in [-0.25, -0.2) is 0 Å². The number of alkyl halides is 3. The van der Waals surface area contributed by atoms with Crippen LogP contribution in [0.4, 0.5) is 13.2 Å². The first-order valence-corrected chi connectivity index (χ1v) is 5.07. The largest absolute Gasteiger partial charge is 0.480 e. The standard InChI is InChI=1S/C11H12F3NO3/c12-11(13,14)8-3-1-7(2-4-8)5-15-9(6-16)10(17)18/h1-4,9,15-16H,5-6H2,(H,17,18). The molecule has 1 rings (SSSR count). The average Bonchev–Trinajstić information content (AvgIpc) is 2.29. The van der Waals surface area contributed by atoms with Gasteiger partial charge in [0.15, 0.2) is 0 Å². The predicted molar refractivity (Wildman–Crippen MR) is 56.8 cm³/mol. The number of carboxylic acid groups (broad SMARTS) is 1. The topological polar surface area (TPSA) is 69.6 Å². The fourth-order valence-electron chi connectivity index (χ4n) is 1.28. The van der Waals surface area contributed by atoms with E-state index in [2.05, 4.69) is 5.32 Å². The molecule has 1 atom stereocenters. The Balaban J connectivity index is 2.62. The Morgan fingerprint density at radius 2 is 1.83 bits per heavy atom. The van der Waals surface area contributed by atoms with Gasteiger partial charge < -0.3 is 10.2 Å². The van der Waals surface area contributed by atoms with E-state index in [-0.39, 0.29) is 6.54 Å². The maximum Gasteiger partial charge on any atom is 0.416 e. The van der Waals surface area contributed by atoms with Crippen LogP contribution in [0.15, 0.2) is 24.3 Å². The van der Waals surface area contributed by atoms with E-state index in [0.29, 0.717) is 5.56 Å². The number of aliphatic carboxylic acids is 1. The molecule has 0 fully saturated rings. The Morgan fingerprint density at radius 1 is 1.28 bits per heavy atom. The van der Waals surface area contributed by atoms with Crippen LogP contribution in [0.5, 0.6) is 0 Å². The van der Waals surface area contributed by atoms with Crippen molar-refractivity contribution in [1.82, 2.24) is 5.32 Å². The van der Waals surface area contributed by atoms with Gasteiger partial charge in [-0.2, -0.15) is 13.2 Å². The molecule has 1 aromatic carbocycles. The summed E-state index contributed by atoms with van der Waals surface area (Å²) in [6.45, 7) is -0.522. The Kier molecular flexibility index (Phi) is 4.69. The number of aliphatic hydroxyl groups excluding tert-OH is 1. The number of nitrogens with one attached hydrogen (secondary N) is 1. The highest BCUT2D eigenvalue weighted by Crippen LogP contribution is 2.28. The Hall–Kier alpha value is -1.60. The highest BCUT2D eigenvalue weighted by Gasteiger charge is 2.29. The molecule has 4 nitrogen and oxygen atoms in total. The van der Waals surface area contributed by atoms with E-state index in [9.17, 15) is 18.0 Å². The van der Waals surface area contributed by atoms with Crippen LogP contribution in [-0.2, 0) is 17.5 Å². The molecular formula is C11H12F3NO3. The van der Waals surface area contributed by atoms with Crippen LogP contribution in [0.3, 0.4) is 0 Å². The highest BCUT2D eigenvalue weighted by molar-refractivity contribution is 5.73. The zero-order valence-electron chi connectivity index (χ0n) is 9.24. The smallest absolute Gasteiger partial charge is 0.416 e. The fourth-order valence-corrected chi connectivity index (χ4v) is 1.28. The number of hydrogen-bond acceptors (Lipinski definition) is 3. The molecule has 0 amide bonds. The van der Waals surface area contributed by atoms with Crippen molar-refractivity contribution in [2.75, 3.05) is 6.61 Å². The van der Waals surface area contributed by atoms with Gasteiger partial charge in [-0.15, -0.1) is 0 Å². The molecule has 0 aliphatic carbocycles. The van der Waals surface area contributed by atoms with E-state index in [4.69, 9.17) is 10.2 Å². The normalized spacial score (nSPS) is 13.3. The van der Waals surface area contributed by atoms with E-state index in [1.807, 2.05) is 0 Å². The molecule has 0 aromatic heterocycles. The van der Waals surface area contributed by atoms with Crippen molar-refractivity contribution in [3.8, 4) is 0 Å². The summed E-state index contributed by atoms with van der Waals surface area (Å²) >= 11 is 0. The lowest BCUT2D eigenvalue weighted by molar-refractivity contribution is -0.140. The van der Waals surface area contributed by atoms with E-state index in [1.54, 1.807) is 0 Å². The number of halogens is 3. The first-order chi connectivity index (χ1) is 8.34. The minimum atomic E-state index is -4.39. The van der Waals surface area contributed by atoms with Crippen LogP contribution in [-0.4, -0.2) is 28.8 Å². The lowest BCUT2D eigenvalue weighted by Gasteiger charge is -2.12. The highest BCUT2D eigenvalue weighted by atomic mass is 19.4. The summed E-state index contributed by atoms with van der Waals surface area (Å²) in [6, 6.07) is 3.22. The molecule has 1 aromatic rings. The molecule has 100 valence electrons. The SMILES string of the molecule is O=C(O)C(CO)NCc1ccc(C(F)(F)F)cc1. The monoisotopic (exact) mass is 263 g/mol. The van der Waals surface area contributed by atoms with Gasteiger partial charge >= 0.3 is 12.1 Å². The number of aliphatic hydroxyl groups is 1. The minimum absolute atomic E-state index is 0.0651. The van der Waals surface area contributed by atoms with Gasteiger partial charge in [-0.05, 0) is 17.7 Å². The molecule has 0 saturated carbocycles. The molecule has 0 aliphatic heterocycles. The van der Waals surface area contributed by atoms with E-state index < -0.39 is 30.4 Å². The van der Waals surface area contributed by atoms with Gasteiger partial charge in [-0.1, -0.05) is 12.1 Å². The number of benzene rings is 1. The summed E-state index contributed by atoms with van der Waals surface area (Å²) in [5.41, 5.74) is -0.258. The average molecular weight is 263 g/mol. The summed E-state index contributed by atoms with van der Waals surface area (Å²) in [6.07, 6.45) is -4.39. The zero-order chi connectivity index (χ0) is 13.8. The third kappa shape index (κ3) is 4.01. The molecule has 18 heavy (non-hydrogen) atoms. The van der Waals surface area contributed by atoms with Crippen molar-refractivity contribution < 1.29 is 28.2 Å². The lowest BCUT2D eigenvalue weighted by atomic mass is 10.1. The maximum absolute atomic E-state index is 12.3. The Morgan fingerprint density at radius 3 is 2.22 bits per heavy atom. The summed E-state index contributed by atoms with van der Waals surface area (Å²) in [4.78, 5) is 10.6. The quantitative estimate of drug-likeness (QED) is 0.747. The second kappa shape index (κ2) is 5.83. The number of carboxylic acids is 1. The van der Waals surface area contributed by atoms with Gasteiger partial charge in [0.05, 0.1) is 12.2 Å². The van der Waals surface area contributed by atoms with Crippen molar-refractivity contribution in [3.05, 3.63) is 35.4 Å². The molecule has 0 bridgehead atoms. The van der Waals surface area contributed by atoms with Gasteiger partial charge in [0.1, 0.15) is 6.04 Å². The lowest BCUT2D eigenvalue weighted by Crippen LogP contribution is -2.39. The second-order valence-corrected chi connectivity index (χ2v) is 3.65. The van der Waals surface area contributed by atoms with Crippen molar-refractivity contribution in [1.29, 1.82) is 0 Å². The molecule has 1 unspecified atom stereocenters. The first kappa shape index (κ1) is 14.5. The van der Waals surface area contributed by atoms with Crippen LogP contribution < -0.4 is 5.32 Å². The summed E-state index contributed by atoms with van der Waals surface area (Å²) in [5.74, 6) is -1.22. The van der Waals surface area contributed by atoms with Crippen LogP contribution in [0.1, 0.15) is 11.1 Å². The van der Waals surface area contributed by atoms with E-state index in [1.165, 1.54) is 12.1 Å². The molecule has 0 heterocycles. The first-order valence-electron chi connectivity index (χ1n) is 5.07. The van der Waals surface area contributed by atoms with E-state index in [0.717, 1.165) is 12.1 Å². The molecular weight excluding hydrogens is 251 g/mol. The molecule has 0 spiro atoms. The summed E-state index contributed by atoms with van der Waals surface area (Å²) in [7, 11) is 0. The molecule has 0 saturated heterocycles. The number of hydrogen-bond donors (Lipinski definition) is 3. The third-order valence-corrected chi connectivity index (χ3v) is 2.31.